The molecule has 0 saturated heterocycles. The fraction of sp³-hybridized carbons (Fsp3) is 0.0571. The van der Waals surface area contributed by atoms with Gasteiger partial charge in [-0.1, -0.05) is 72.8 Å². The summed E-state index contributed by atoms with van der Waals surface area (Å²) < 4.78 is 2.23. The van der Waals surface area contributed by atoms with Gasteiger partial charge in [-0.15, -0.1) is 0 Å². The number of hydrogen-bond acceptors (Lipinski definition) is 5. The van der Waals surface area contributed by atoms with Crippen molar-refractivity contribution in [3.63, 3.8) is 0 Å². The van der Waals surface area contributed by atoms with E-state index < -0.39 is 5.92 Å². The highest BCUT2D eigenvalue weighted by atomic mass is 15.0. The monoisotopic (exact) mass is 524 g/mol. The molecule has 2 aromatic heterocycles. The van der Waals surface area contributed by atoms with Crippen LogP contribution in [0.1, 0.15) is 23.2 Å². The van der Waals surface area contributed by atoms with Crippen LogP contribution in [0.4, 0.5) is 0 Å². The Hall–Kier alpha value is -6.03. The molecular formula is C35H20N6. The van der Waals surface area contributed by atoms with E-state index in [9.17, 15) is 15.8 Å². The number of aromatic nitrogens is 3. The first kappa shape index (κ1) is 24.0. The Bertz CT molecular complexity index is 2160. The predicted octanol–water partition coefficient (Wildman–Crippen LogP) is 7.62. The largest absolute Gasteiger partial charge is 0.313 e. The minimum absolute atomic E-state index is 0.298. The van der Waals surface area contributed by atoms with Crippen LogP contribution in [-0.2, 0) is 0 Å². The topological polar surface area (TPSA) is 102 Å². The van der Waals surface area contributed by atoms with E-state index in [1.807, 2.05) is 60.7 Å². The molecular weight excluding hydrogens is 504 g/mol. The van der Waals surface area contributed by atoms with Crippen molar-refractivity contribution < 1.29 is 0 Å². The quantitative estimate of drug-likeness (QED) is 0.237. The average molecular weight is 525 g/mol. The first-order chi connectivity index (χ1) is 20.2. The number of nitriles is 3. The lowest BCUT2D eigenvalue weighted by atomic mass is 9.86. The van der Waals surface area contributed by atoms with Gasteiger partial charge >= 0.3 is 0 Å². The summed E-state index contributed by atoms with van der Waals surface area (Å²) in [6, 6.07) is 36.3. The number of para-hydroxylation sites is 2. The van der Waals surface area contributed by atoms with Crippen LogP contribution in [-0.4, -0.2) is 14.5 Å². The highest BCUT2D eigenvalue weighted by Crippen LogP contribution is 2.40. The van der Waals surface area contributed by atoms with Gasteiger partial charge in [0.05, 0.1) is 51.4 Å². The first-order valence-corrected chi connectivity index (χ1v) is 13.2. The van der Waals surface area contributed by atoms with Crippen LogP contribution in [0, 0.1) is 39.9 Å². The number of allylic oxidation sites excluding steroid dienone is 4. The molecule has 2 heterocycles. The van der Waals surface area contributed by atoms with Crippen LogP contribution in [0.15, 0.2) is 103 Å². The van der Waals surface area contributed by atoms with Crippen LogP contribution in [0.5, 0.6) is 0 Å². The molecule has 190 valence electrons. The zero-order valence-electron chi connectivity index (χ0n) is 21.8. The molecule has 7 rings (SSSR count). The van der Waals surface area contributed by atoms with E-state index >= 15 is 0 Å². The highest BCUT2D eigenvalue weighted by molar-refractivity contribution is 6.10. The molecule has 0 spiro atoms. The highest BCUT2D eigenvalue weighted by Gasteiger charge is 2.27. The van der Waals surface area contributed by atoms with E-state index in [0.29, 0.717) is 40.0 Å². The zero-order valence-corrected chi connectivity index (χ0v) is 21.8. The lowest BCUT2D eigenvalue weighted by Crippen LogP contribution is -2.12. The normalized spacial score (nSPS) is 14.7. The maximum atomic E-state index is 10.4. The van der Waals surface area contributed by atoms with E-state index in [-0.39, 0.29) is 0 Å². The third-order valence-corrected chi connectivity index (χ3v) is 7.62. The molecule has 0 radical (unpaired) electrons. The number of benzene rings is 4. The van der Waals surface area contributed by atoms with Crippen LogP contribution in [0.3, 0.4) is 0 Å². The van der Waals surface area contributed by atoms with Crippen LogP contribution >= 0.6 is 0 Å². The lowest BCUT2D eigenvalue weighted by molar-refractivity contribution is 0.837. The molecule has 0 saturated carbocycles. The molecule has 4 aromatic carbocycles. The summed E-state index contributed by atoms with van der Waals surface area (Å²) in [4.78, 5) is 9.70. The fourth-order valence-electron chi connectivity index (χ4n) is 5.76. The molecule has 6 nitrogen and oxygen atoms in total. The van der Waals surface area contributed by atoms with Gasteiger partial charge in [-0.25, -0.2) is 9.97 Å². The standard InChI is InChI=1S/C35H20N6/c36-19-22-16-25(21-38)33-30(17-22)34(40-35(39-33)23-8-2-1-3-9-23)27-15-14-26(18-24(27)20-37)41-31-12-6-4-10-28(31)29-11-5-7-13-32(29)41/h1-17,24H,18H2. The number of rotatable bonds is 3. The van der Waals surface area contributed by atoms with E-state index in [1.165, 1.54) is 0 Å². The van der Waals surface area contributed by atoms with Crippen LogP contribution in [0.25, 0.3) is 55.4 Å². The smallest absolute Gasteiger partial charge is 0.160 e. The molecule has 1 unspecified atom stereocenters. The molecule has 0 aliphatic heterocycles. The minimum atomic E-state index is -0.507. The Labute approximate surface area is 236 Å². The molecule has 1 aliphatic rings. The van der Waals surface area contributed by atoms with Gasteiger partial charge in [0, 0.05) is 33.8 Å². The molecule has 1 atom stereocenters. The Balaban J connectivity index is 1.49. The third-order valence-electron chi connectivity index (χ3n) is 7.62. The van der Waals surface area contributed by atoms with Gasteiger partial charge in [0.2, 0.25) is 0 Å². The zero-order chi connectivity index (χ0) is 27.9. The van der Waals surface area contributed by atoms with Gasteiger partial charge in [-0.2, -0.15) is 15.8 Å². The van der Waals surface area contributed by atoms with Gasteiger partial charge in [0.25, 0.3) is 0 Å². The SMILES string of the molecule is N#Cc1cc(C#N)c2nc(-c3ccccc3)nc(C3=CC=C(n4c5ccccc5c5ccccc54)CC3C#N)c2c1. The first-order valence-electron chi connectivity index (χ1n) is 13.2. The summed E-state index contributed by atoms with van der Waals surface area (Å²) in [6.07, 6.45) is 4.48. The predicted molar refractivity (Wildman–Crippen MR) is 160 cm³/mol. The third kappa shape index (κ3) is 3.85. The average Bonchev–Trinajstić information content (AvgIpc) is 3.38. The summed E-state index contributed by atoms with van der Waals surface area (Å²) in [5.74, 6) is -0.0444. The fourth-order valence-corrected chi connectivity index (χ4v) is 5.76. The number of fused-ring (bicyclic) bond motifs is 4. The molecule has 6 heteroatoms. The van der Waals surface area contributed by atoms with Crippen molar-refractivity contribution in [2.24, 2.45) is 5.92 Å². The minimum Gasteiger partial charge on any atom is -0.313 e. The van der Waals surface area contributed by atoms with Gasteiger partial charge < -0.3 is 4.57 Å². The van der Waals surface area contributed by atoms with Crippen molar-refractivity contribution in [2.45, 2.75) is 6.42 Å². The van der Waals surface area contributed by atoms with E-state index in [4.69, 9.17) is 9.97 Å². The van der Waals surface area contributed by atoms with Crippen molar-refractivity contribution >= 4 is 44.0 Å². The summed E-state index contributed by atoms with van der Waals surface area (Å²) in [5, 5.41) is 33.0. The van der Waals surface area contributed by atoms with Gasteiger partial charge in [0.15, 0.2) is 5.82 Å². The summed E-state index contributed by atoms with van der Waals surface area (Å²) in [5.41, 5.74) is 6.39. The van der Waals surface area contributed by atoms with Crippen molar-refractivity contribution in [3.05, 3.63) is 120 Å². The second-order valence-corrected chi connectivity index (χ2v) is 9.94. The lowest BCUT2D eigenvalue weighted by Gasteiger charge is -2.23. The van der Waals surface area contributed by atoms with E-state index in [0.717, 1.165) is 38.6 Å². The molecule has 1 aliphatic carbocycles. The summed E-state index contributed by atoms with van der Waals surface area (Å²) in [6.45, 7) is 0. The molecule has 41 heavy (non-hydrogen) atoms. The van der Waals surface area contributed by atoms with Crippen molar-refractivity contribution in [2.75, 3.05) is 0 Å². The van der Waals surface area contributed by atoms with Crippen molar-refractivity contribution in [1.82, 2.24) is 14.5 Å². The Morgan fingerprint density at radius 1 is 0.707 bits per heavy atom. The Morgan fingerprint density at radius 2 is 1.39 bits per heavy atom. The Morgan fingerprint density at radius 3 is 2.05 bits per heavy atom. The molecule has 0 N–H and O–H groups in total. The maximum absolute atomic E-state index is 10.4. The van der Waals surface area contributed by atoms with Gasteiger partial charge in [-0.3, -0.25) is 0 Å². The second-order valence-electron chi connectivity index (χ2n) is 9.94. The molecule has 0 fully saturated rings. The summed E-state index contributed by atoms with van der Waals surface area (Å²) in [7, 11) is 0. The van der Waals surface area contributed by atoms with Gasteiger partial charge in [-0.05, 0) is 35.9 Å². The molecule has 0 amide bonds. The van der Waals surface area contributed by atoms with E-state index in [2.05, 4.69) is 53.1 Å². The molecule has 0 bridgehead atoms. The van der Waals surface area contributed by atoms with Crippen LogP contribution < -0.4 is 0 Å². The van der Waals surface area contributed by atoms with Crippen molar-refractivity contribution in [3.8, 4) is 29.6 Å². The van der Waals surface area contributed by atoms with Crippen molar-refractivity contribution in [1.29, 1.82) is 15.8 Å². The maximum Gasteiger partial charge on any atom is 0.160 e. The second kappa shape index (κ2) is 9.62. The van der Waals surface area contributed by atoms with Crippen LogP contribution in [0.2, 0.25) is 0 Å². The number of hydrogen-bond donors (Lipinski definition) is 0. The summed E-state index contributed by atoms with van der Waals surface area (Å²) >= 11 is 0. The number of nitrogens with zero attached hydrogens (tertiary/aromatic N) is 6. The van der Waals surface area contributed by atoms with Gasteiger partial charge in [0.1, 0.15) is 6.07 Å². The molecule has 6 aromatic rings. The van der Waals surface area contributed by atoms with E-state index in [1.54, 1.807) is 12.1 Å². The Kier molecular flexibility index (Phi) is 5.64.